The van der Waals surface area contributed by atoms with E-state index in [2.05, 4.69) is 13.2 Å². The maximum atomic E-state index is 10.0. The first-order valence-corrected chi connectivity index (χ1v) is 5.84. The second kappa shape index (κ2) is 5.01. The van der Waals surface area contributed by atoms with Crippen LogP contribution in [0.25, 0.3) is 23.0 Å². The Labute approximate surface area is 116 Å². The molecule has 0 aromatic heterocycles. The van der Waals surface area contributed by atoms with E-state index in [1.54, 1.807) is 0 Å². The summed E-state index contributed by atoms with van der Waals surface area (Å²) in [5.74, 6) is -0.431. The van der Waals surface area contributed by atoms with Crippen molar-refractivity contribution in [3.8, 4) is 28.4 Å². The van der Waals surface area contributed by atoms with Crippen LogP contribution < -0.4 is 0 Å². The molecule has 0 atom stereocenters. The van der Waals surface area contributed by atoms with Gasteiger partial charge >= 0.3 is 0 Å². The van der Waals surface area contributed by atoms with Gasteiger partial charge in [-0.3, -0.25) is 0 Å². The Morgan fingerprint density at radius 1 is 0.950 bits per heavy atom. The molecule has 102 valence electrons. The third-order valence-electron chi connectivity index (χ3n) is 2.97. The number of aliphatic hydroxyl groups is 1. The maximum absolute atomic E-state index is 10.0. The first kappa shape index (κ1) is 13.5. The summed E-state index contributed by atoms with van der Waals surface area (Å²) < 4.78 is 0. The lowest BCUT2D eigenvalue weighted by Crippen LogP contribution is -1.90. The Morgan fingerprint density at radius 3 is 2.20 bits per heavy atom. The van der Waals surface area contributed by atoms with Crippen molar-refractivity contribution < 1.29 is 20.4 Å². The van der Waals surface area contributed by atoms with Gasteiger partial charge in [0.05, 0.1) is 0 Å². The lowest BCUT2D eigenvalue weighted by atomic mass is 9.96. The normalized spacial score (nSPS) is 10.2. The van der Waals surface area contributed by atoms with E-state index in [4.69, 9.17) is 0 Å². The summed E-state index contributed by atoms with van der Waals surface area (Å²) in [6.45, 7) is 7.05. The van der Waals surface area contributed by atoms with Crippen LogP contribution in [0, 0.1) is 0 Å². The smallest absolute Gasteiger partial charge is 0.124 e. The quantitative estimate of drug-likeness (QED) is 0.507. The molecule has 0 aliphatic carbocycles. The first-order valence-electron chi connectivity index (χ1n) is 5.84. The van der Waals surface area contributed by atoms with Gasteiger partial charge in [-0.1, -0.05) is 19.2 Å². The molecule has 0 bridgehead atoms. The van der Waals surface area contributed by atoms with Gasteiger partial charge in [0.1, 0.15) is 23.0 Å². The fourth-order valence-corrected chi connectivity index (χ4v) is 1.98. The molecule has 0 fully saturated rings. The zero-order valence-electron chi connectivity index (χ0n) is 10.7. The van der Waals surface area contributed by atoms with Gasteiger partial charge in [-0.25, -0.2) is 0 Å². The van der Waals surface area contributed by atoms with Crippen LogP contribution >= 0.6 is 0 Å². The molecule has 2 aromatic carbocycles. The predicted molar refractivity (Wildman–Crippen MR) is 78.6 cm³/mol. The molecule has 0 spiro atoms. The van der Waals surface area contributed by atoms with Gasteiger partial charge in [0, 0.05) is 16.7 Å². The minimum atomic E-state index is -0.180. The molecule has 0 unspecified atom stereocenters. The fraction of sp³-hybridized carbons (Fsp3) is 0. The van der Waals surface area contributed by atoms with Crippen LogP contribution in [0.2, 0.25) is 0 Å². The number of benzene rings is 2. The van der Waals surface area contributed by atoms with Crippen LogP contribution in [0.1, 0.15) is 11.1 Å². The molecule has 20 heavy (non-hydrogen) atoms. The Bertz CT molecular complexity index is 702. The lowest BCUT2D eigenvalue weighted by Gasteiger charge is -2.12. The van der Waals surface area contributed by atoms with E-state index in [1.807, 2.05) is 0 Å². The van der Waals surface area contributed by atoms with Crippen molar-refractivity contribution >= 4 is 11.8 Å². The van der Waals surface area contributed by atoms with E-state index in [-0.39, 0.29) is 34.1 Å². The van der Waals surface area contributed by atoms with E-state index in [1.165, 1.54) is 36.4 Å². The number of aromatic hydroxyl groups is 3. The number of rotatable bonds is 3. The molecule has 0 heterocycles. The summed E-state index contributed by atoms with van der Waals surface area (Å²) in [7, 11) is 0. The number of hydrogen-bond acceptors (Lipinski definition) is 4. The minimum Gasteiger partial charge on any atom is -0.508 e. The number of phenols is 3. The summed E-state index contributed by atoms with van der Waals surface area (Å²) in [5.41, 5.74) is 1.42. The highest BCUT2D eigenvalue weighted by Gasteiger charge is 2.14. The van der Waals surface area contributed by atoms with Gasteiger partial charge in [-0.05, 0) is 35.9 Å². The van der Waals surface area contributed by atoms with Crippen LogP contribution in [0.5, 0.6) is 17.2 Å². The Hall–Kier alpha value is -2.88. The number of aliphatic hydroxyl groups excluding tert-OH is 1. The summed E-state index contributed by atoms with van der Waals surface area (Å²) in [6, 6.07) is 6.85. The van der Waals surface area contributed by atoms with Gasteiger partial charge < -0.3 is 20.4 Å². The molecule has 0 aliphatic heterocycles. The largest absolute Gasteiger partial charge is 0.508 e. The van der Waals surface area contributed by atoms with Gasteiger partial charge in [0.15, 0.2) is 0 Å². The SMILES string of the molecule is C=Cc1cc(O)c(-c2cc(O)ccc2O)cc1C(=C)O. The van der Waals surface area contributed by atoms with Crippen LogP contribution in [-0.2, 0) is 0 Å². The third-order valence-corrected chi connectivity index (χ3v) is 2.97. The summed E-state index contributed by atoms with van der Waals surface area (Å²) >= 11 is 0. The van der Waals surface area contributed by atoms with Crippen molar-refractivity contribution in [2.24, 2.45) is 0 Å². The minimum absolute atomic E-state index is 0.0469. The second-order valence-electron chi connectivity index (χ2n) is 4.31. The monoisotopic (exact) mass is 270 g/mol. The van der Waals surface area contributed by atoms with E-state index in [0.717, 1.165) is 0 Å². The van der Waals surface area contributed by atoms with Crippen LogP contribution in [-0.4, -0.2) is 20.4 Å². The zero-order chi connectivity index (χ0) is 14.9. The lowest BCUT2D eigenvalue weighted by molar-refractivity contribution is 0.459. The molecule has 4 heteroatoms. The zero-order valence-corrected chi connectivity index (χ0v) is 10.7. The van der Waals surface area contributed by atoms with E-state index in [9.17, 15) is 20.4 Å². The van der Waals surface area contributed by atoms with Gasteiger partial charge in [-0.2, -0.15) is 0 Å². The van der Waals surface area contributed by atoms with Crippen molar-refractivity contribution in [1.82, 2.24) is 0 Å². The van der Waals surface area contributed by atoms with Crippen molar-refractivity contribution in [2.45, 2.75) is 0 Å². The summed E-state index contributed by atoms with van der Waals surface area (Å²) in [6.07, 6.45) is 1.47. The predicted octanol–water partition coefficient (Wildman–Crippen LogP) is 3.64. The molecule has 0 radical (unpaired) electrons. The average Bonchev–Trinajstić information content (AvgIpc) is 2.41. The Morgan fingerprint density at radius 2 is 1.60 bits per heavy atom. The molecule has 0 saturated heterocycles. The van der Waals surface area contributed by atoms with E-state index in [0.29, 0.717) is 11.1 Å². The third kappa shape index (κ3) is 2.31. The molecule has 4 N–H and O–H groups in total. The van der Waals surface area contributed by atoms with Crippen LogP contribution in [0.4, 0.5) is 0 Å². The van der Waals surface area contributed by atoms with Gasteiger partial charge in [0.2, 0.25) is 0 Å². The van der Waals surface area contributed by atoms with E-state index >= 15 is 0 Å². The molecule has 2 rings (SSSR count). The molecule has 0 aliphatic rings. The number of hydrogen-bond donors (Lipinski definition) is 4. The Kier molecular flexibility index (Phi) is 3.39. The molecular formula is C16H14O4. The summed E-state index contributed by atoms with van der Waals surface area (Å²) in [4.78, 5) is 0. The maximum Gasteiger partial charge on any atom is 0.124 e. The second-order valence-corrected chi connectivity index (χ2v) is 4.31. The van der Waals surface area contributed by atoms with Crippen molar-refractivity contribution in [2.75, 3.05) is 0 Å². The van der Waals surface area contributed by atoms with E-state index < -0.39 is 0 Å². The van der Waals surface area contributed by atoms with Crippen LogP contribution in [0.3, 0.4) is 0 Å². The molecule has 0 saturated carbocycles. The molecule has 4 nitrogen and oxygen atoms in total. The highest BCUT2D eigenvalue weighted by atomic mass is 16.3. The topological polar surface area (TPSA) is 80.9 Å². The summed E-state index contributed by atoms with van der Waals surface area (Å²) in [5, 5.41) is 39.0. The fourth-order valence-electron chi connectivity index (χ4n) is 1.98. The first-order chi connectivity index (χ1) is 9.43. The number of phenolic OH excluding ortho intramolecular Hbond substituents is 3. The van der Waals surface area contributed by atoms with Crippen molar-refractivity contribution in [1.29, 1.82) is 0 Å². The molecular weight excluding hydrogens is 256 g/mol. The molecule has 0 amide bonds. The van der Waals surface area contributed by atoms with Crippen molar-refractivity contribution in [3.05, 3.63) is 54.6 Å². The van der Waals surface area contributed by atoms with Gasteiger partial charge in [0.25, 0.3) is 0 Å². The Balaban J connectivity index is 2.74. The van der Waals surface area contributed by atoms with Crippen LogP contribution in [0.15, 0.2) is 43.5 Å². The standard InChI is InChI=1S/C16H14O4/c1-3-10-6-16(20)14(8-12(10)9(2)17)13-7-11(18)4-5-15(13)19/h3-8,17-20H,1-2H2. The van der Waals surface area contributed by atoms with Gasteiger partial charge in [-0.15, -0.1) is 0 Å². The highest BCUT2D eigenvalue weighted by molar-refractivity contribution is 5.82. The van der Waals surface area contributed by atoms with Crippen molar-refractivity contribution in [3.63, 3.8) is 0 Å². The average molecular weight is 270 g/mol. The molecule has 2 aromatic rings. The highest BCUT2D eigenvalue weighted by Crippen LogP contribution is 2.39.